The van der Waals surface area contributed by atoms with Gasteiger partial charge < -0.3 is 24.7 Å². The average molecular weight is 381 g/mol. The highest BCUT2D eigenvalue weighted by Gasteiger charge is 2.23. The standard InChI is InChI=1S/C21H19NO6/c23-16-8-6-15(7-9-16)18-10-11-19(28-18)20(24)22-17(21(25)26)13-27-12-14-4-2-1-3-5-14/h1-11,17,23H,12-13H2,(H,22,24)(H,25,26). The van der Waals surface area contributed by atoms with Crippen LogP contribution in [0.1, 0.15) is 16.1 Å². The highest BCUT2D eigenvalue weighted by molar-refractivity contribution is 5.94. The molecule has 0 aliphatic carbocycles. The van der Waals surface area contributed by atoms with Crippen molar-refractivity contribution in [2.24, 2.45) is 0 Å². The van der Waals surface area contributed by atoms with Crippen LogP contribution in [0.2, 0.25) is 0 Å². The summed E-state index contributed by atoms with van der Waals surface area (Å²) in [5, 5.41) is 21.1. The van der Waals surface area contributed by atoms with Crippen LogP contribution < -0.4 is 5.32 Å². The molecule has 0 aliphatic rings. The third-order valence-corrected chi connectivity index (χ3v) is 3.98. The smallest absolute Gasteiger partial charge is 0.328 e. The Hall–Kier alpha value is -3.58. The lowest BCUT2D eigenvalue weighted by Crippen LogP contribution is -2.43. The van der Waals surface area contributed by atoms with Gasteiger partial charge in [-0.15, -0.1) is 0 Å². The topological polar surface area (TPSA) is 109 Å². The molecular weight excluding hydrogens is 362 g/mol. The van der Waals surface area contributed by atoms with Crippen molar-refractivity contribution in [2.45, 2.75) is 12.6 Å². The number of carbonyl (C=O) groups is 2. The Morgan fingerprint density at radius 3 is 2.39 bits per heavy atom. The summed E-state index contributed by atoms with van der Waals surface area (Å²) < 4.78 is 10.9. The Labute approximate surface area is 161 Å². The number of hydrogen-bond acceptors (Lipinski definition) is 5. The highest BCUT2D eigenvalue weighted by Crippen LogP contribution is 2.24. The zero-order chi connectivity index (χ0) is 19.9. The van der Waals surface area contributed by atoms with Crippen molar-refractivity contribution in [3.63, 3.8) is 0 Å². The molecule has 1 heterocycles. The molecule has 3 rings (SSSR count). The quantitative estimate of drug-likeness (QED) is 0.553. The van der Waals surface area contributed by atoms with Gasteiger partial charge in [-0.25, -0.2) is 4.79 Å². The molecule has 0 spiro atoms. The molecule has 1 amide bonds. The van der Waals surface area contributed by atoms with Crippen LogP contribution in [-0.4, -0.2) is 34.7 Å². The maximum atomic E-state index is 12.3. The number of carboxylic acid groups (broad SMARTS) is 1. The van der Waals surface area contributed by atoms with Crippen molar-refractivity contribution in [3.8, 4) is 17.1 Å². The van der Waals surface area contributed by atoms with E-state index in [1.54, 1.807) is 18.2 Å². The van der Waals surface area contributed by atoms with Gasteiger partial charge in [-0.3, -0.25) is 4.79 Å². The van der Waals surface area contributed by atoms with Crippen LogP contribution >= 0.6 is 0 Å². The van der Waals surface area contributed by atoms with E-state index in [0.717, 1.165) is 5.56 Å². The maximum Gasteiger partial charge on any atom is 0.328 e. The molecule has 0 saturated heterocycles. The van der Waals surface area contributed by atoms with E-state index in [0.29, 0.717) is 11.3 Å². The van der Waals surface area contributed by atoms with Gasteiger partial charge in [0, 0.05) is 5.56 Å². The van der Waals surface area contributed by atoms with Gasteiger partial charge >= 0.3 is 5.97 Å². The molecule has 3 aromatic rings. The molecule has 0 aliphatic heterocycles. The van der Waals surface area contributed by atoms with E-state index in [9.17, 15) is 19.8 Å². The molecule has 7 nitrogen and oxygen atoms in total. The van der Waals surface area contributed by atoms with Gasteiger partial charge in [0.05, 0.1) is 13.2 Å². The summed E-state index contributed by atoms with van der Waals surface area (Å²) >= 11 is 0. The van der Waals surface area contributed by atoms with Gasteiger partial charge in [-0.05, 0) is 42.0 Å². The first-order chi connectivity index (χ1) is 13.5. The lowest BCUT2D eigenvalue weighted by atomic mass is 10.2. The van der Waals surface area contributed by atoms with Crippen molar-refractivity contribution in [2.75, 3.05) is 6.61 Å². The average Bonchev–Trinajstić information content (AvgIpc) is 3.19. The molecule has 2 aromatic carbocycles. The summed E-state index contributed by atoms with van der Waals surface area (Å²) in [6, 6.07) is 17.5. The molecule has 3 N–H and O–H groups in total. The normalized spacial score (nSPS) is 11.7. The number of phenols is 1. The molecule has 0 saturated carbocycles. The lowest BCUT2D eigenvalue weighted by Gasteiger charge is -2.14. The van der Waals surface area contributed by atoms with E-state index >= 15 is 0 Å². The summed E-state index contributed by atoms with van der Waals surface area (Å²) in [6.45, 7) is 0.0632. The van der Waals surface area contributed by atoms with E-state index in [-0.39, 0.29) is 24.7 Å². The summed E-state index contributed by atoms with van der Waals surface area (Å²) in [7, 11) is 0. The molecule has 0 bridgehead atoms. The van der Waals surface area contributed by atoms with Crippen LogP contribution in [0.25, 0.3) is 11.3 Å². The van der Waals surface area contributed by atoms with E-state index in [2.05, 4.69) is 5.32 Å². The number of aliphatic carboxylic acids is 1. The number of carbonyl (C=O) groups excluding carboxylic acids is 1. The van der Waals surface area contributed by atoms with E-state index < -0.39 is 17.9 Å². The third kappa shape index (κ3) is 4.99. The van der Waals surface area contributed by atoms with Gasteiger partial charge in [0.1, 0.15) is 11.5 Å². The van der Waals surface area contributed by atoms with Gasteiger partial charge in [-0.2, -0.15) is 0 Å². The fraction of sp³-hybridized carbons (Fsp3) is 0.143. The maximum absolute atomic E-state index is 12.3. The monoisotopic (exact) mass is 381 g/mol. The SMILES string of the molecule is O=C(NC(COCc1ccccc1)C(=O)O)c1ccc(-c2ccc(O)cc2)o1. The van der Waals surface area contributed by atoms with Crippen molar-refractivity contribution < 1.29 is 29.0 Å². The molecular formula is C21H19NO6. The van der Waals surface area contributed by atoms with E-state index in [1.807, 2.05) is 30.3 Å². The Kier molecular flexibility index (Phi) is 6.08. The largest absolute Gasteiger partial charge is 0.508 e. The number of hydrogen-bond donors (Lipinski definition) is 3. The zero-order valence-electron chi connectivity index (χ0n) is 14.9. The Morgan fingerprint density at radius 1 is 1.00 bits per heavy atom. The van der Waals surface area contributed by atoms with Crippen LogP contribution in [0.3, 0.4) is 0 Å². The number of aromatic hydroxyl groups is 1. The molecule has 144 valence electrons. The van der Waals surface area contributed by atoms with Gasteiger partial charge in [0.2, 0.25) is 0 Å². The van der Waals surface area contributed by atoms with Crippen molar-refractivity contribution >= 4 is 11.9 Å². The number of benzene rings is 2. The molecule has 0 fully saturated rings. The van der Waals surface area contributed by atoms with Crippen LogP contribution in [-0.2, 0) is 16.1 Å². The van der Waals surface area contributed by atoms with E-state index in [1.165, 1.54) is 18.2 Å². The van der Waals surface area contributed by atoms with Gasteiger partial charge in [0.15, 0.2) is 11.8 Å². The first-order valence-corrected chi connectivity index (χ1v) is 8.57. The molecule has 7 heteroatoms. The number of ether oxygens (including phenoxy) is 1. The third-order valence-electron chi connectivity index (χ3n) is 3.98. The van der Waals surface area contributed by atoms with Crippen LogP contribution in [0.4, 0.5) is 0 Å². The predicted octanol–water partition coefficient (Wildman–Crippen LogP) is 3.05. The van der Waals surface area contributed by atoms with Gasteiger partial charge in [-0.1, -0.05) is 30.3 Å². The first-order valence-electron chi connectivity index (χ1n) is 8.57. The van der Waals surface area contributed by atoms with Crippen molar-refractivity contribution in [1.82, 2.24) is 5.32 Å². The number of phenolic OH excluding ortho intramolecular Hbond substituents is 1. The summed E-state index contributed by atoms with van der Waals surface area (Å²) in [5.74, 6) is -1.32. The second kappa shape index (κ2) is 8.88. The second-order valence-electron chi connectivity index (χ2n) is 6.08. The molecule has 1 unspecified atom stereocenters. The Bertz CT molecular complexity index is 933. The van der Waals surface area contributed by atoms with Crippen molar-refractivity contribution in [3.05, 3.63) is 78.1 Å². The second-order valence-corrected chi connectivity index (χ2v) is 6.08. The fourth-order valence-electron chi connectivity index (χ4n) is 2.51. The Morgan fingerprint density at radius 2 is 1.71 bits per heavy atom. The van der Waals surface area contributed by atoms with Crippen molar-refractivity contribution in [1.29, 1.82) is 0 Å². The Balaban J connectivity index is 1.59. The van der Waals surface area contributed by atoms with Gasteiger partial charge in [0.25, 0.3) is 5.91 Å². The number of amides is 1. The fourth-order valence-corrected chi connectivity index (χ4v) is 2.51. The minimum Gasteiger partial charge on any atom is -0.508 e. The number of rotatable bonds is 8. The highest BCUT2D eigenvalue weighted by atomic mass is 16.5. The lowest BCUT2D eigenvalue weighted by molar-refractivity contribution is -0.141. The van der Waals surface area contributed by atoms with Crippen LogP contribution in [0.5, 0.6) is 5.75 Å². The minimum atomic E-state index is -1.21. The molecule has 0 radical (unpaired) electrons. The minimum absolute atomic E-state index is 0.0163. The molecule has 1 aromatic heterocycles. The molecule has 28 heavy (non-hydrogen) atoms. The number of nitrogens with one attached hydrogen (secondary N) is 1. The first kappa shape index (κ1) is 19.2. The summed E-state index contributed by atoms with van der Waals surface area (Å²) in [6.07, 6.45) is 0. The summed E-state index contributed by atoms with van der Waals surface area (Å²) in [5.41, 5.74) is 1.58. The van der Waals surface area contributed by atoms with Crippen LogP contribution in [0, 0.1) is 0 Å². The number of carboxylic acids is 1. The van der Waals surface area contributed by atoms with E-state index in [4.69, 9.17) is 9.15 Å². The van der Waals surface area contributed by atoms with Crippen LogP contribution in [0.15, 0.2) is 71.1 Å². The predicted molar refractivity (Wildman–Crippen MR) is 101 cm³/mol. The zero-order valence-corrected chi connectivity index (χ0v) is 14.9. The molecule has 1 atom stereocenters. The number of furan rings is 1. The summed E-state index contributed by atoms with van der Waals surface area (Å²) in [4.78, 5) is 23.7.